The zero-order valence-corrected chi connectivity index (χ0v) is 28.7. The van der Waals surface area contributed by atoms with Crippen LogP contribution in [0.2, 0.25) is 0 Å². The molecule has 0 radical (unpaired) electrons. The first-order valence-electron chi connectivity index (χ1n) is 16.7. The number of likely N-dealkylation sites (tertiary alicyclic amines) is 1. The Morgan fingerprint density at radius 2 is 1.69 bits per heavy atom. The van der Waals surface area contributed by atoms with Gasteiger partial charge in [-0.3, -0.25) is 14.4 Å². The second-order valence-corrected chi connectivity index (χ2v) is 13.0. The summed E-state index contributed by atoms with van der Waals surface area (Å²) in [5.41, 5.74) is -2.40. The van der Waals surface area contributed by atoms with Crippen molar-refractivity contribution in [1.29, 1.82) is 0 Å². The van der Waals surface area contributed by atoms with Crippen molar-refractivity contribution >= 4 is 17.8 Å². The van der Waals surface area contributed by atoms with E-state index in [2.05, 4.69) is 5.32 Å². The highest BCUT2D eigenvalue weighted by molar-refractivity contribution is 5.86. The number of amides is 2. The van der Waals surface area contributed by atoms with Crippen molar-refractivity contribution in [2.45, 2.75) is 69.4 Å². The molecule has 7 atom stereocenters. The molecular weight excluding hydrogens is 628 g/mol. The monoisotopic (exact) mass is 672 g/mol. The van der Waals surface area contributed by atoms with Crippen molar-refractivity contribution in [3.05, 3.63) is 83.4 Å². The molecule has 0 unspecified atom stereocenters. The molecule has 1 saturated carbocycles. The molecule has 1 saturated heterocycles. The summed E-state index contributed by atoms with van der Waals surface area (Å²) in [4.78, 5) is 43.2. The number of nitrogens with zero attached hydrogens (tertiary/aromatic N) is 1. The van der Waals surface area contributed by atoms with Crippen LogP contribution in [0.1, 0.15) is 62.6 Å². The Morgan fingerprint density at radius 3 is 2.31 bits per heavy atom. The van der Waals surface area contributed by atoms with Crippen LogP contribution in [-0.2, 0) is 30.3 Å². The van der Waals surface area contributed by atoms with Gasteiger partial charge >= 0.3 is 5.97 Å². The molecule has 11 heteroatoms. The maximum atomic E-state index is 15.4. The molecule has 2 bridgehead atoms. The van der Waals surface area contributed by atoms with E-state index in [0.29, 0.717) is 48.4 Å². The Hall–Kier alpha value is -4.77. The summed E-state index contributed by atoms with van der Waals surface area (Å²) in [6.45, 7) is 5.41. The number of rotatable bonds is 10. The third kappa shape index (κ3) is 5.44. The fourth-order valence-corrected chi connectivity index (χ4v) is 7.93. The van der Waals surface area contributed by atoms with Crippen molar-refractivity contribution < 1.29 is 43.2 Å². The van der Waals surface area contributed by atoms with E-state index >= 15 is 4.79 Å². The van der Waals surface area contributed by atoms with Gasteiger partial charge < -0.3 is 39.0 Å². The first-order valence-corrected chi connectivity index (χ1v) is 16.7. The van der Waals surface area contributed by atoms with E-state index < -0.39 is 47.2 Å². The average Bonchev–Trinajstić information content (AvgIpc) is 3.63. The molecule has 2 fully saturated rings. The third-order valence-corrected chi connectivity index (χ3v) is 10.4. The lowest BCUT2D eigenvalue weighted by atomic mass is 9.75. The number of ether oxygens (including phenoxy) is 5. The summed E-state index contributed by atoms with van der Waals surface area (Å²) in [5, 5.41) is 16.6. The minimum atomic E-state index is -2.18. The first-order chi connectivity index (χ1) is 23.5. The number of hydrogen-bond donors (Lipinski definition) is 2. The smallest absolute Gasteiger partial charge is 0.303 e. The largest absolute Gasteiger partial charge is 0.497 e. The van der Waals surface area contributed by atoms with E-state index in [0.717, 1.165) is 0 Å². The van der Waals surface area contributed by atoms with Crippen LogP contribution in [0.15, 0.2) is 66.7 Å². The zero-order chi connectivity index (χ0) is 35.1. The highest BCUT2D eigenvalue weighted by Crippen LogP contribution is 2.69. The first kappa shape index (κ1) is 34.1. The summed E-state index contributed by atoms with van der Waals surface area (Å²) >= 11 is 0. The van der Waals surface area contributed by atoms with Crippen LogP contribution < -0.4 is 24.3 Å². The molecule has 260 valence electrons. The van der Waals surface area contributed by atoms with Crippen molar-refractivity contribution in [3.8, 4) is 23.0 Å². The second-order valence-electron chi connectivity index (χ2n) is 13.0. The molecule has 2 heterocycles. The van der Waals surface area contributed by atoms with Gasteiger partial charge in [-0.1, -0.05) is 56.3 Å². The summed E-state index contributed by atoms with van der Waals surface area (Å²) in [6.07, 6.45) is -0.147. The molecule has 6 rings (SSSR count). The second kappa shape index (κ2) is 13.3. The predicted octanol–water partition coefficient (Wildman–Crippen LogP) is 4.64. The van der Waals surface area contributed by atoms with Gasteiger partial charge in [-0.05, 0) is 37.0 Å². The van der Waals surface area contributed by atoms with E-state index in [9.17, 15) is 14.7 Å². The number of aliphatic hydroxyl groups is 1. The average molecular weight is 673 g/mol. The molecule has 49 heavy (non-hydrogen) atoms. The van der Waals surface area contributed by atoms with E-state index in [1.54, 1.807) is 48.4 Å². The van der Waals surface area contributed by atoms with Crippen LogP contribution in [0.25, 0.3) is 0 Å². The number of carbonyl (C=O) groups is 3. The number of benzene rings is 3. The van der Waals surface area contributed by atoms with Crippen LogP contribution in [0.4, 0.5) is 0 Å². The van der Waals surface area contributed by atoms with E-state index in [1.807, 2.05) is 44.2 Å². The molecule has 3 aromatic rings. The Kier molecular flexibility index (Phi) is 9.23. The lowest BCUT2D eigenvalue weighted by molar-refractivity contribution is -0.196. The third-order valence-electron chi connectivity index (χ3n) is 10.4. The molecule has 2 N–H and O–H groups in total. The number of hydrogen-bond acceptors (Lipinski definition) is 9. The van der Waals surface area contributed by atoms with Gasteiger partial charge in [-0.25, -0.2) is 0 Å². The number of methoxy groups -OCH3 is 3. The summed E-state index contributed by atoms with van der Waals surface area (Å²) in [7, 11) is 4.52. The SMILES string of the molecule is CC[C@H](C)C(=O)N[C@@H]1CCCN1C(=O)[C@@H]1[C@@H](c2ccccc2)[C@]2(c3ccc(OC)cc3)Oc3cc(OC)cc(OC)c3[C@@]1(O)[C@H]2OC(C)=O. The van der Waals surface area contributed by atoms with Crippen LogP contribution in [-0.4, -0.2) is 67.9 Å². The maximum absolute atomic E-state index is 15.4. The van der Waals surface area contributed by atoms with Gasteiger partial charge in [0.2, 0.25) is 11.8 Å². The Morgan fingerprint density at radius 1 is 1.00 bits per heavy atom. The van der Waals surface area contributed by atoms with Crippen molar-refractivity contribution in [3.63, 3.8) is 0 Å². The van der Waals surface area contributed by atoms with Crippen molar-refractivity contribution in [2.75, 3.05) is 27.9 Å². The Labute approximate surface area is 286 Å². The van der Waals surface area contributed by atoms with E-state index in [-0.39, 0.29) is 28.9 Å². The minimum absolute atomic E-state index is 0.148. The van der Waals surface area contributed by atoms with Crippen molar-refractivity contribution in [2.24, 2.45) is 11.8 Å². The molecular formula is C38H44N2O9. The van der Waals surface area contributed by atoms with Gasteiger partial charge in [0, 0.05) is 43.0 Å². The lowest BCUT2D eigenvalue weighted by Crippen LogP contribution is -2.57. The normalized spacial score (nSPS) is 27.4. The molecule has 2 aliphatic heterocycles. The summed E-state index contributed by atoms with van der Waals surface area (Å²) in [5.74, 6) is -2.24. The minimum Gasteiger partial charge on any atom is -0.497 e. The summed E-state index contributed by atoms with van der Waals surface area (Å²) < 4.78 is 30.2. The molecule has 0 spiro atoms. The summed E-state index contributed by atoms with van der Waals surface area (Å²) in [6, 6.07) is 19.7. The maximum Gasteiger partial charge on any atom is 0.303 e. The number of esters is 1. The fraction of sp³-hybridized carbons (Fsp3) is 0.447. The molecule has 11 nitrogen and oxygen atoms in total. The van der Waals surface area contributed by atoms with Crippen LogP contribution in [0, 0.1) is 11.8 Å². The zero-order valence-electron chi connectivity index (χ0n) is 28.7. The molecule has 3 aromatic carbocycles. The highest BCUT2D eigenvalue weighted by Gasteiger charge is 2.78. The van der Waals surface area contributed by atoms with Gasteiger partial charge in [-0.2, -0.15) is 0 Å². The van der Waals surface area contributed by atoms with E-state index in [4.69, 9.17) is 23.7 Å². The van der Waals surface area contributed by atoms with Gasteiger partial charge in [0.05, 0.1) is 32.8 Å². The number of fused-ring (bicyclic) bond motifs is 4. The topological polar surface area (TPSA) is 133 Å². The quantitative estimate of drug-likeness (QED) is 0.296. The number of nitrogens with one attached hydrogen (secondary N) is 1. The molecule has 2 amide bonds. The van der Waals surface area contributed by atoms with Crippen molar-refractivity contribution in [1.82, 2.24) is 10.2 Å². The van der Waals surface area contributed by atoms with Gasteiger partial charge in [0.25, 0.3) is 0 Å². The van der Waals surface area contributed by atoms with E-state index in [1.165, 1.54) is 21.1 Å². The van der Waals surface area contributed by atoms with Gasteiger partial charge in [-0.15, -0.1) is 0 Å². The van der Waals surface area contributed by atoms with Gasteiger partial charge in [0.15, 0.2) is 17.3 Å². The lowest BCUT2D eigenvalue weighted by Gasteiger charge is -2.46. The molecule has 0 aromatic heterocycles. The standard InChI is InChI=1S/C38H44N2O9/c1-7-22(2)34(42)39-30-14-11-19-40(30)35(43)33-31(24-12-9-8-10-13-24)38(25-15-17-26(45-4)18-16-25)36(48-23(3)41)37(33,44)32-28(47-6)20-27(46-5)21-29(32)49-38/h8-10,12-13,15-18,20-22,30-31,33,36,44H,7,11,14,19H2,1-6H3,(H,39,42)/t22-,30-,31+,33-,36+,37-,38-/m0/s1. The Balaban J connectivity index is 1.66. The Bertz CT molecular complexity index is 1710. The molecule has 3 aliphatic rings. The van der Waals surface area contributed by atoms with Crippen LogP contribution in [0.3, 0.4) is 0 Å². The predicted molar refractivity (Wildman–Crippen MR) is 179 cm³/mol. The van der Waals surface area contributed by atoms with Crippen LogP contribution >= 0.6 is 0 Å². The fourth-order valence-electron chi connectivity index (χ4n) is 7.93. The highest BCUT2D eigenvalue weighted by atomic mass is 16.6. The number of carbonyl (C=O) groups excluding carboxylic acids is 3. The van der Waals surface area contributed by atoms with Gasteiger partial charge in [0.1, 0.15) is 29.2 Å². The molecule has 1 aliphatic carbocycles. The van der Waals surface area contributed by atoms with Crippen LogP contribution in [0.5, 0.6) is 23.0 Å².